The first-order chi connectivity index (χ1) is 9.81. The van der Waals surface area contributed by atoms with E-state index in [9.17, 15) is 4.79 Å². The largest absolute Gasteiger partial charge is 0.467 e. The van der Waals surface area contributed by atoms with Gasteiger partial charge in [-0.1, -0.05) is 0 Å². The van der Waals surface area contributed by atoms with Crippen molar-refractivity contribution in [2.75, 3.05) is 6.61 Å². The Hall–Kier alpha value is -1.69. The van der Waals surface area contributed by atoms with E-state index in [2.05, 4.69) is 15.3 Å². The average Bonchev–Trinajstić information content (AvgIpc) is 3.00. The standard InChI is InChI=1S/C14H15N3O2S/c18-11(17-8-4-5-8)6-19-13-12-9-2-1-3-10(9)20-14(12)16-7-15-13/h7-8H,1-6H2,(H,17,18). The summed E-state index contributed by atoms with van der Waals surface area (Å²) in [7, 11) is 0. The van der Waals surface area contributed by atoms with Crippen molar-refractivity contribution >= 4 is 27.5 Å². The van der Waals surface area contributed by atoms with Crippen LogP contribution in [0.3, 0.4) is 0 Å². The van der Waals surface area contributed by atoms with Crippen molar-refractivity contribution in [1.82, 2.24) is 15.3 Å². The van der Waals surface area contributed by atoms with E-state index in [-0.39, 0.29) is 12.5 Å². The van der Waals surface area contributed by atoms with Crippen molar-refractivity contribution in [3.8, 4) is 5.88 Å². The summed E-state index contributed by atoms with van der Waals surface area (Å²) in [5.41, 5.74) is 1.32. The molecule has 1 fully saturated rings. The minimum absolute atomic E-state index is 0.0350. The van der Waals surface area contributed by atoms with Crippen LogP contribution in [0.4, 0.5) is 0 Å². The molecule has 2 heterocycles. The minimum Gasteiger partial charge on any atom is -0.467 e. The molecule has 1 amide bonds. The van der Waals surface area contributed by atoms with E-state index in [1.54, 1.807) is 11.3 Å². The van der Waals surface area contributed by atoms with Crippen molar-refractivity contribution in [2.24, 2.45) is 0 Å². The van der Waals surface area contributed by atoms with Gasteiger partial charge in [0.2, 0.25) is 5.88 Å². The number of fused-ring (bicyclic) bond motifs is 3. The summed E-state index contributed by atoms with van der Waals surface area (Å²) in [5, 5.41) is 3.93. The Balaban J connectivity index is 1.57. The Kier molecular flexibility index (Phi) is 2.84. The second-order valence-electron chi connectivity index (χ2n) is 5.35. The zero-order valence-electron chi connectivity index (χ0n) is 11.0. The van der Waals surface area contributed by atoms with Crippen molar-refractivity contribution in [2.45, 2.75) is 38.1 Å². The first-order valence-corrected chi connectivity index (χ1v) is 7.80. The summed E-state index contributed by atoms with van der Waals surface area (Å²) in [6, 6.07) is 0.363. The van der Waals surface area contributed by atoms with Crippen LogP contribution in [0, 0.1) is 0 Å². The van der Waals surface area contributed by atoms with Gasteiger partial charge in [0, 0.05) is 10.9 Å². The van der Waals surface area contributed by atoms with Gasteiger partial charge < -0.3 is 10.1 Å². The number of carbonyl (C=O) groups is 1. The summed E-state index contributed by atoms with van der Waals surface area (Å²) in [6.07, 6.45) is 7.06. The van der Waals surface area contributed by atoms with E-state index in [4.69, 9.17) is 4.74 Å². The monoisotopic (exact) mass is 289 g/mol. The number of nitrogens with one attached hydrogen (secondary N) is 1. The topological polar surface area (TPSA) is 64.1 Å². The lowest BCUT2D eigenvalue weighted by Crippen LogP contribution is -2.30. The molecule has 2 aliphatic carbocycles. The molecule has 1 N–H and O–H groups in total. The lowest BCUT2D eigenvalue weighted by atomic mass is 10.2. The molecule has 0 aromatic carbocycles. The molecule has 0 aliphatic heterocycles. The minimum atomic E-state index is -0.0638. The van der Waals surface area contributed by atoms with Crippen LogP contribution in [0.15, 0.2) is 6.33 Å². The van der Waals surface area contributed by atoms with E-state index >= 15 is 0 Å². The molecule has 2 aliphatic rings. The van der Waals surface area contributed by atoms with E-state index in [1.807, 2.05) is 0 Å². The maximum Gasteiger partial charge on any atom is 0.258 e. The van der Waals surface area contributed by atoms with Crippen molar-refractivity contribution in [3.63, 3.8) is 0 Å². The Labute approximate surface area is 120 Å². The number of aryl methyl sites for hydroxylation is 2. The van der Waals surface area contributed by atoms with Gasteiger partial charge in [-0.05, 0) is 37.7 Å². The van der Waals surface area contributed by atoms with Crippen LogP contribution in [-0.2, 0) is 17.6 Å². The number of rotatable bonds is 4. The molecular formula is C14H15N3O2S. The van der Waals surface area contributed by atoms with Crippen LogP contribution >= 0.6 is 11.3 Å². The molecule has 5 nitrogen and oxygen atoms in total. The Morgan fingerprint density at radius 3 is 3.15 bits per heavy atom. The number of hydrogen-bond donors (Lipinski definition) is 1. The van der Waals surface area contributed by atoms with Crippen molar-refractivity contribution in [1.29, 1.82) is 0 Å². The van der Waals surface area contributed by atoms with Crippen LogP contribution in [0.2, 0.25) is 0 Å². The van der Waals surface area contributed by atoms with Crippen LogP contribution in [-0.4, -0.2) is 28.5 Å². The molecular weight excluding hydrogens is 274 g/mol. The molecule has 0 atom stereocenters. The summed E-state index contributed by atoms with van der Waals surface area (Å²) in [4.78, 5) is 22.6. The number of nitrogens with zero attached hydrogens (tertiary/aromatic N) is 2. The van der Waals surface area contributed by atoms with Gasteiger partial charge >= 0.3 is 0 Å². The fourth-order valence-corrected chi connectivity index (χ4v) is 3.86. The molecule has 1 saturated carbocycles. The number of thiophene rings is 1. The van der Waals surface area contributed by atoms with Gasteiger partial charge in [-0.15, -0.1) is 11.3 Å². The molecule has 0 bridgehead atoms. The molecule has 6 heteroatoms. The maximum atomic E-state index is 11.7. The maximum absolute atomic E-state index is 11.7. The molecule has 20 heavy (non-hydrogen) atoms. The second-order valence-corrected chi connectivity index (χ2v) is 6.43. The third kappa shape index (κ3) is 2.14. The van der Waals surface area contributed by atoms with Gasteiger partial charge in [0.1, 0.15) is 11.2 Å². The number of carbonyl (C=O) groups excluding carboxylic acids is 1. The van der Waals surface area contributed by atoms with Gasteiger partial charge in [0.15, 0.2) is 6.61 Å². The normalized spacial score (nSPS) is 17.2. The fraction of sp³-hybridized carbons (Fsp3) is 0.500. The SMILES string of the molecule is O=C(COc1ncnc2sc3c(c12)CCC3)NC1CC1. The van der Waals surface area contributed by atoms with Gasteiger partial charge in [0.25, 0.3) is 5.91 Å². The molecule has 0 radical (unpaired) electrons. The van der Waals surface area contributed by atoms with Crippen molar-refractivity contribution < 1.29 is 9.53 Å². The van der Waals surface area contributed by atoms with Crippen LogP contribution in [0.25, 0.3) is 10.2 Å². The third-order valence-electron chi connectivity index (χ3n) is 3.75. The van der Waals surface area contributed by atoms with Crippen LogP contribution < -0.4 is 10.1 Å². The third-order valence-corrected chi connectivity index (χ3v) is 4.95. The highest BCUT2D eigenvalue weighted by molar-refractivity contribution is 7.18. The van der Waals surface area contributed by atoms with E-state index in [0.29, 0.717) is 11.9 Å². The van der Waals surface area contributed by atoms with Gasteiger partial charge in [-0.2, -0.15) is 0 Å². The lowest BCUT2D eigenvalue weighted by molar-refractivity contribution is -0.123. The quantitative estimate of drug-likeness (QED) is 0.932. The van der Waals surface area contributed by atoms with Gasteiger partial charge in [-0.3, -0.25) is 4.79 Å². The fourth-order valence-electron chi connectivity index (χ4n) is 2.64. The average molecular weight is 289 g/mol. The van der Waals surface area contributed by atoms with Crippen LogP contribution in [0.5, 0.6) is 5.88 Å². The Bertz CT molecular complexity index is 678. The molecule has 0 spiro atoms. The summed E-state index contributed by atoms with van der Waals surface area (Å²) >= 11 is 1.72. The summed E-state index contributed by atoms with van der Waals surface area (Å²) in [5.74, 6) is 0.492. The molecule has 0 unspecified atom stereocenters. The highest BCUT2D eigenvalue weighted by atomic mass is 32.1. The molecule has 2 aromatic rings. The summed E-state index contributed by atoms with van der Waals surface area (Å²) < 4.78 is 5.64. The number of amides is 1. The zero-order chi connectivity index (χ0) is 13.5. The van der Waals surface area contributed by atoms with E-state index in [0.717, 1.165) is 35.9 Å². The number of hydrogen-bond acceptors (Lipinski definition) is 5. The first kappa shape index (κ1) is 12.1. The predicted octanol–water partition coefficient (Wildman–Crippen LogP) is 1.84. The predicted molar refractivity (Wildman–Crippen MR) is 76.1 cm³/mol. The molecule has 0 saturated heterocycles. The summed E-state index contributed by atoms with van der Waals surface area (Å²) in [6.45, 7) is 0.0350. The zero-order valence-corrected chi connectivity index (χ0v) is 11.8. The lowest BCUT2D eigenvalue weighted by Gasteiger charge is -2.07. The Morgan fingerprint density at radius 1 is 1.40 bits per heavy atom. The van der Waals surface area contributed by atoms with Crippen molar-refractivity contribution in [3.05, 3.63) is 16.8 Å². The molecule has 104 valence electrons. The smallest absolute Gasteiger partial charge is 0.258 e. The van der Waals surface area contributed by atoms with Crippen LogP contribution in [0.1, 0.15) is 29.7 Å². The molecule has 4 rings (SSSR count). The van der Waals surface area contributed by atoms with E-state index < -0.39 is 0 Å². The highest BCUT2D eigenvalue weighted by Crippen LogP contribution is 2.39. The van der Waals surface area contributed by atoms with E-state index in [1.165, 1.54) is 23.2 Å². The second kappa shape index (κ2) is 4.70. The first-order valence-electron chi connectivity index (χ1n) is 6.98. The van der Waals surface area contributed by atoms with Gasteiger partial charge in [0.05, 0.1) is 5.39 Å². The highest BCUT2D eigenvalue weighted by Gasteiger charge is 2.24. The molecule has 2 aromatic heterocycles. The number of ether oxygens (including phenoxy) is 1. The van der Waals surface area contributed by atoms with Gasteiger partial charge in [-0.25, -0.2) is 9.97 Å². The number of aromatic nitrogens is 2. The Morgan fingerprint density at radius 2 is 2.30 bits per heavy atom.